The quantitative estimate of drug-likeness (QED) is 0.481. The molecular formula is C17H24N4O5S. The van der Waals surface area contributed by atoms with E-state index in [0.29, 0.717) is 36.8 Å². The molecule has 3 rings (SSSR count). The molecule has 1 unspecified atom stereocenters. The number of amides is 1. The number of carbonyl (C=O) groups excluding carboxylic acids is 1. The van der Waals surface area contributed by atoms with Gasteiger partial charge in [-0.05, 0) is 18.6 Å². The van der Waals surface area contributed by atoms with Gasteiger partial charge in [0.1, 0.15) is 0 Å². The first kappa shape index (κ1) is 19.3. The van der Waals surface area contributed by atoms with Gasteiger partial charge >= 0.3 is 0 Å². The Bertz CT molecular complexity index is 825. The second-order valence-electron chi connectivity index (χ2n) is 6.52. The number of guanidine groups is 1. The summed E-state index contributed by atoms with van der Waals surface area (Å²) < 4.78 is 34.0. The van der Waals surface area contributed by atoms with Gasteiger partial charge in [-0.25, -0.2) is 8.42 Å². The molecule has 2 aliphatic rings. The van der Waals surface area contributed by atoms with Gasteiger partial charge in [-0.3, -0.25) is 9.79 Å². The highest BCUT2D eigenvalue weighted by molar-refractivity contribution is 7.91. The van der Waals surface area contributed by atoms with Crippen molar-refractivity contribution in [2.45, 2.75) is 25.3 Å². The Kier molecular flexibility index (Phi) is 6.04. The van der Waals surface area contributed by atoms with Crippen molar-refractivity contribution < 1.29 is 22.7 Å². The van der Waals surface area contributed by atoms with E-state index in [1.165, 1.54) is 0 Å². The molecule has 4 N–H and O–H groups in total. The van der Waals surface area contributed by atoms with Crippen molar-refractivity contribution in [2.75, 3.05) is 36.6 Å². The number of nitrogens with zero attached hydrogens (tertiary/aromatic N) is 1. The second kappa shape index (κ2) is 8.47. The van der Waals surface area contributed by atoms with Crippen LogP contribution in [-0.2, 0) is 14.6 Å². The third kappa shape index (κ3) is 5.75. The van der Waals surface area contributed by atoms with Crippen LogP contribution < -0.4 is 25.8 Å². The monoisotopic (exact) mass is 396 g/mol. The van der Waals surface area contributed by atoms with Crippen LogP contribution in [0.5, 0.6) is 11.5 Å². The van der Waals surface area contributed by atoms with Gasteiger partial charge in [0.15, 0.2) is 27.3 Å². The lowest BCUT2D eigenvalue weighted by molar-refractivity contribution is -0.121. The van der Waals surface area contributed by atoms with E-state index in [0.717, 1.165) is 6.42 Å². The predicted octanol–water partition coefficient (Wildman–Crippen LogP) is 0.268. The Labute approximate surface area is 158 Å². The molecule has 0 aliphatic carbocycles. The molecule has 9 nitrogen and oxygen atoms in total. The summed E-state index contributed by atoms with van der Waals surface area (Å²) in [5, 5.41) is 5.67. The third-order valence-corrected chi connectivity index (χ3v) is 6.01. The average molecular weight is 396 g/mol. The van der Waals surface area contributed by atoms with Crippen LogP contribution >= 0.6 is 0 Å². The zero-order valence-corrected chi connectivity index (χ0v) is 15.8. The number of nitrogens with two attached hydrogens (primary N) is 1. The van der Waals surface area contributed by atoms with E-state index in [-0.39, 0.29) is 42.4 Å². The molecule has 10 heteroatoms. The van der Waals surface area contributed by atoms with Crippen LogP contribution in [0.1, 0.15) is 19.3 Å². The third-order valence-electron chi connectivity index (χ3n) is 4.24. The number of carbonyl (C=O) groups is 1. The van der Waals surface area contributed by atoms with E-state index in [4.69, 9.17) is 15.2 Å². The van der Waals surface area contributed by atoms with E-state index in [2.05, 4.69) is 15.6 Å². The van der Waals surface area contributed by atoms with Gasteiger partial charge in [0.25, 0.3) is 0 Å². The number of fused-ring (bicyclic) bond motifs is 1. The number of aliphatic imine (C=N–C) groups is 1. The number of hydrogen-bond acceptors (Lipinski definition) is 6. The van der Waals surface area contributed by atoms with Gasteiger partial charge in [-0.2, -0.15) is 0 Å². The van der Waals surface area contributed by atoms with Gasteiger partial charge in [-0.15, -0.1) is 0 Å². The van der Waals surface area contributed by atoms with E-state index < -0.39 is 9.84 Å². The van der Waals surface area contributed by atoms with E-state index in [9.17, 15) is 13.2 Å². The molecular weight excluding hydrogens is 372 g/mol. The lowest BCUT2D eigenvalue weighted by atomic mass is 10.2. The Balaban J connectivity index is 1.45. The molecule has 1 amide bonds. The number of ether oxygens (including phenoxy) is 2. The van der Waals surface area contributed by atoms with Crippen molar-refractivity contribution in [1.29, 1.82) is 0 Å². The molecule has 148 valence electrons. The minimum absolute atomic E-state index is 0.00974. The summed E-state index contributed by atoms with van der Waals surface area (Å²) in [6.07, 6.45) is 1.43. The van der Waals surface area contributed by atoms with E-state index >= 15 is 0 Å². The van der Waals surface area contributed by atoms with Gasteiger partial charge in [0, 0.05) is 30.6 Å². The van der Waals surface area contributed by atoms with Crippen LogP contribution in [0.15, 0.2) is 23.2 Å². The summed E-state index contributed by atoms with van der Waals surface area (Å²) >= 11 is 0. The van der Waals surface area contributed by atoms with Crippen molar-refractivity contribution in [3.8, 4) is 11.5 Å². The standard InChI is InChI=1S/C17H24N4O5S/c18-17(19-6-4-16(22)20-13-5-9-27(23,24)11-13)21-12-2-3-14-15(10-12)26-8-1-7-25-14/h2-3,10,13H,1,4-9,11H2,(H,20,22)(H3,18,19,21). The Morgan fingerprint density at radius 1 is 1.26 bits per heavy atom. The first-order chi connectivity index (χ1) is 12.9. The number of rotatable bonds is 5. The zero-order valence-electron chi connectivity index (χ0n) is 14.9. The van der Waals surface area contributed by atoms with Crippen molar-refractivity contribution in [3.63, 3.8) is 0 Å². The first-order valence-electron chi connectivity index (χ1n) is 8.88. The average Bonchev–Trinajstić information content (AvgIpc) is 2.81. The molecule has 0 aromatic heterocycles. The van der Waals surface area contributed by atoms with Crippen LogP contribution in [0, 0.1) is 0 Å². The highest BCUT2D eigenvalue weighted by Gasteiger charge is 2.28. The summed E-state index contributed by atoms with van der Waals surface area (Å²) in [4.78, 5) is 16.0. The van der Waals surface area contributed by atoms with Gasteiger partial charge in [-0.1, -0.05) is 0 Å². The maximum Gasteiger partial charge on any atom is 0.222 e. The number of benzene rings is 1. The Hall–Kier alpha value is -2.49. The summed E-state index contributed by atoms with van der Waals surface area (Å²) in [6.45, 7) is 1.42. The Morgan fingerprint density at radius 3 is 2.78 bits per heavy atom. The van der Waals surface area contributed by atoms with Crippen LogP contribution in [0.2, 0.25) is 0 Å². The fourth-order valence-electron chi connectivity index (χ4n) is 2.92. The zero-order chi connectivity index (χ0) is 19.3. The molecule has 1 aromatic carbocycles. The SMILES string of the molecule is NC(=NCCC(=O)NC1CCS(=O)(=O)C1)Nc1ccc2c(c1)OCCCO2. The van der Waals surface area contributed by atoms with Crippen molar-refractivity contribution >= 4 is 27.4 Å². The lowest BCUT2D eigenvalue weighted by Gasteiger charge is -2.11. The first-order valence-corrected chi connectivity index (χ1v) is 10.7. The smallest absolute Gasteiger partial charge is 0.222 e. The van der Waals surface area contributed by atoms with Crippen LogP contribution in [-0.4, -0.2) is 57.6 Å². The highest BCUT2D eigenvalue weighted by atomic mass is 32.2. The lowest BCUT2D eigenvalue weighted by Crippen LogP contribution is -2.36. The minimum atomic E-state index is -3.01. The number of nitrogens with one attached hydrogen (secondary N) is 2. The van der Waals surface area contributed by atoms with Crippen LogP contribution in [0.25, 0.3) is 0 Å². The topological polar surface area (TPSA) is 132 Å². The molecule has 1 atom stereocenters. The van der Waals surface area contributed by atoms with Gasteiger partial charge in [0.2, 0.25) is 5.91 Å². The number of sulfone groups is 1. The summed E-state index contributed by atoms with van der Waals surface area (Å²) in [5.74, 6) is 1.43. The summed E-state index contributed by atoms with van der Waals surface area (Å²) in [7, 11) is -3.01. The molecule has 0 spiro atoms. The van der Waals surface area contributed by atoms with Crippen LogP contribution in [0.4, 0.5) is 5.69 Å². The predicted molar refractivity (Wildman–Crippen MR) is 102 cm³/mol. The summed E-state index contributed by atoms with van der Waals surface area (Å²) in [5.41, 5.74) is 6.56. The molecule has 2 heterocycles. The molecule has 0 saturated carbocycles. The fraction of sp³-hybridized carbons (Fsp3) is 0.529. The van der Waals surface area contributed by atoms with Gasteiger partial charge < -0.3 is 25.8 Å². The normalized spacial score (nSPS) is 21.3. The maximum atomic E-state index is 11.9. The van der Waals surface area contributed by atoms with Gasteiger partial charge in [0.05, 0.1) is 31.3 Å². The number of hydrogen-bond donors (Lipinski definition) is 3. The van der Waals surface area contributed by atoms with E-state index in [1.54, 1.807) is 12.1 Å². The molecule has 27 heavy (non-hydrogen) atoms. The minimum Gasteiger partial charge on any atom is -0.490 e. The largest absolute Gasteiger partial charge is 0.490 e. The molecule has 0 radical (unpaired) electrons. The number of anilines is 1. The van der Waals surface area contributed by atoms with Crippen LogP contribution in [0.3, 0.4) is 0 Å². The Morgan fingerprint density at radius 2 is 2.04 bits per heavy atom. The maximum absolute atomic E-state index is 11.9. The fourth-order valence-corrected chi connectivity index (χ4v) is 4.59. The van der Waals surface area contributed by atoms with Crippen molar-refractivity contribution in [3.05, 3.63) is 18.2 Å². The van der Waals surface area contributed by atoms with Crippen molar-refractivity contribution in [1.82, 2.24) is 5.32 Å². The summed E-state index contributed by atoms with van der Waals surface area (Å²) in [6, 6.07) is 5.10. The molecule has 1 saturated heterocycles. The van der Waals surface area contributed by atoms with E-state index in [1.807, 2.05) is 6.07 Å². The van der Waals surface area contributed by atoms with Crippen molar-refractivity contribution in [2.24, 2.45) is 10.7 Å². The molecule has 1 aromatic rings. The highest BCUT2D eigenvalue weighted by Crippen LogP contribution is 2.32. The molecule has 0 bridgehead atoms. The second-order valence-corrected chi connectivity index (χ2v) is 8.75. The molecule has 1 fully saturated rings. The molecule has 2 aliphatic heterocycles.